The fourth-order valence-electron chi connectivity index (χ4n) is 2.43. The van der Waals surface area contributed by atoms with Gasteiger partial charge in [0.05, 0.1) is 5.69 Å². The Labute approximate surface area is 163 Å². The molecule has 0 aliphatic heterocycles. The summed E-state index contributed by atoms with van der Waals surface area (Å²) in [6.07, 6.45) is 0. The Hall–Kier alpha value is -2.44. The second-order valence-corrected chi connectivity index (χ2v) is 7.08. The van der Waals surface area contributed by atoms with Crippen molar-refractivity contribution in [1.29, 1.82) is 0 Å². The van der Waals surface area contributed by atoms with Crippen molar-refractivity contribution in [3.8, 4) is 11.3 Å². The minimum Gasteiger partial charge on any atom is -0.324 e. The van der Waals surface area contributed by atoms with Gasteiger partial charge in [-0.1, -0.05) is 39.7 Å². The Kier molecular flexibility index (Phi) is 5.54. The van der Waals surface area contributed by atoms with Crippen molar-refractivity contribution in [2.24, 2.45) is 0 Å². The third-order valence-corrected chi connectivity index (χ3v) is 4.51. The zero-order valence-electron chi connectivity index (χ0n) is 13.9. The van der Waals surface area contributed by atoms with Crippen molar-refractivity contribution < 1.29 is 4.79 Å². The number of carbonyl (C=O) groups is 1. The van der Waals surface area contributed by atoms with Gasteiger partial charge in [-0.05, 0) is 48.9 Å². The molecule has 3 aromatic rings. The minimum atomic E-state index is -0.342. The molecule has 5 nitrogen and oxygen atoms in total. The number of amides is 1. The molecule has 0 atom stereocenters. The summed E-state index contributed by atoms with van der Waals surface area (Å²) < 4.78 is 2.08. The van der Waals surface area contributed by atoms with E-state index in [4.69, 9.17) is 11.6 Å². The van der Waals surface area contributed by atoms with E-state index in [0.717, 1.165) is 20.3 Å². The Morgan fingerprint density at radius 3 is 2.58 bits per heavy atom. The number of anilines is 1. The summed E-state index contributed by atoms with van der Waals surface area (Å²) in [5.74, 6) is -0.321. The summed E-state index contributed by atoms with van der Waals surface area (Å²) in [7, 11) is 0. The lowest BCUT2D eigenvalue weighted by molar-refractivity contribution is -0.117. The molecule has 7 heteroatoms. The lowest BCUT2D eigenvalue weighted by Crippen LogP contribution is -2.29. The van der Waals surface area contributed by atoms with Crippen LogP contribution in [-0.4, -0.2) is 15.7 Å². The van der Waals surface area contributed by atoms with Crippen LogP contribution in [0.3, 0.4) is 0 Å². The highest BCUT2D eigenvalue weighted by Gasteiger charge is 2.10. The SMILES string of the molecule is Cc1cc(Br)ccc1NC(=O)Cn1nc(-c2ccc(Cl)cc2)ccc1=O. The number of carbonyl (C=O) groups excluding carboxylic acids is 1. The normalized spacial score (nSPS) is 10.6. The number of nitrogens with one attached hydrogen (secondary N) is 1. The highest BCUT2D eigenvalue weighted by Crippen LogP contribution is 2.20. The first-order valence-electron chi connectivity index (χ1n) is 7.82. The monoisotopic (exact) mass is 431 g/mol. The van der Waals surface area contributed by atoms with Crippen molar-refractivity contribution in [2.75, 3.05) is 5.32 Å². The molecular weight excluding hydrogens is 418 g/mol. The molecule has 0 aliphatic carbocycles. The molecule has 0 aliphatic rings. The van der Waals surface area contributed by atoms with Gasteiger partial charge in [0.2, 0.25) is 5.91 Å². The van der Waals surface area contributed by atoms with E-state index in [0.29, 0.717) is 16.4 Å². The number of aryl methyl sites for hydroxylation is 1. The molecule has 2 aromatic carbocycles. The van der Waals surface area contributed by atoms with Crippen LogP contribution in [0.4, 0.5) is 5.69 Å². The van der Waals surface area contributed by atoms with Crippen LogP contribution in [0, 0.1) is 6.92 Å². The van der Waals surface area contributed by atoms with E-state index in [2.05, 4.69) is 26.3 Å². The third-order valence-electron chi connectivity index (χ3n) is 3.76. The van der Waals surface area contributed by atoms with Gasteiger partial charge >= 0.3 is 0 Å². The van der Waals surface area contributed by atoms with Crippen molar-refractivity contribution in [3.63, 3.8) is 0 Å². The molecule has 1 aromatic heterocycles. The molecule has 1 heterocycles. The molecule has 1 N–H and O–H groups in total. The number of benzene rings is 2. The van der Waals surface area contributed by atoms with Gasteiger partial charge in [0, 0.05) is 26.8 Å². The van der Waals surface area contributed by atoms with Gasteiger partial charge in [-0.3, -0.25) is 9.59 Å². The Morgan fingerprint density at radius 2 is 1.88 bits per heavy atom. The number of hydrogen-bond acceptors (Lipinski definition) is 3. The summed E-state index contributed by atoms with van der Waals surface area (Å²) in [5.41, 5.74) is 2.68. The van der Waals surface area contributed by atoms with Gasteiger partial charge in [0.1, 0.15) is 6.54 Å². The van der Waals surface area contributed by atoms with E-state index in [9.17, 15) is 9.59 Å². The van der Waals surface area contributed by atoms with Gasteiger partial charge in [0.25, 0.3) is 5.56 Å². The molecular formula is C19H15BrClN3O2. The van der Waals surface area contributed by atoms with Crippen LogP contribution in [0.15, 0.2) is 63.9 Å². The summed E-state index contributed by atoms with van der Waals surface area (Å²) in [6.45, 7) is 1.72. The first-order chi connectivity index (χ1) is 12.4. The maximum Gasteiger partial charge on any atom is 0.267 e. The zero-order chi connectivity index (χ0) is 18.7. The fourth-order valence-corrected chi connectivity index (χ4v) is 3.03. The van der Waals surface area contributed by atoms with Crippen LogP contribution in [-0.2, 0) is 11.3 Å². The van der Waals surface area contributed by atoms with Crippen LogP contribution < -0.4 is 10.9 Å². The standard InChI is InChI=1S/C19H15BrClN3O2/c1-12-10-14(20)4-7-16(12)22-18(25)11-24-19(26)9-8-17(23-24)13-2-5-15(21)6-3-13/h2-10H,11H2,1H3,(H,22,25). The smallest absolute Gasteiger partial charge is 0.267 e. The summed E-state index contributed by atoms with van der Waals surface area (Å²) >= 11 is 9.28. The van der Waals surface area contributed by atoms with Gasteiger partial charge in [-0.15, -0.1) is 0 Å². The molecule has 132 valence electrons. The topological polar surface area (TPSA) is 64.0 Å². The second-order valence-electron chi connectivity index (χ2n) is 5.73. The number of rotatable bonds is 4. The maximum atomic E-state index is 12.3. The number of hydrogen-bond donors (Lipinski definition) is 1. The number of nitrogens with zero attached hydrogens (tertiary/aromatic N) is 2. The summed E-state index contributed by atoms with van der Waals surface area (Å²) in [4.78, 5) is 24.4. The molecule has 0 unspecified atom stereocenters. The molecule has 0 saturated heterocycles. The van der Waals surface area contributed by atoms with Crippen LogP contribution in [0.25, 0.3) is 11.3 Å². The average Bonchev–Trinajstić information content (AvgIpc) is 2.60. The van der Waals surface area contributed by atoms with Gasteiger partial charge < -0.3 is 5.32 Å². The van der Waals surface area contributed by atoms with Crippen LogP contribution >= 0.6 is 27.5 Å². The highest BCUT2D eigenvalue weighted by molar-refractivity contribution is 9.10. The largest absolute Gasteiger partial charge is 0.324 e. The van der Waals surface area contributed by atoms with Crippen molar-refractivity contribution in [1.82, 2.24) is 9.78 Å². The predicted molar refractivity (Wildman–Crippen MR) is 106 cm³/mol. The minimum absolute atomic E-state index is 0.171. The molecule has 1 amide bonds. The first kappa shape index (κ1) is 18.4. The van der Waals surface area contributed by atoms with Gasteiger partial charge in [0.15, 0.2) is 0 Å². The molecule has 26 heavy (non-hydrogen) atoms. The molecule has 0 radical (unpaired) electrons. The lowest BCUT2D eigenvalue weighted by atomic mass is 10.1. The zero-order valence-corrected chi connectivity index (χ0v) is 16.2. The van der Waals surface area contributed by atoms with Crippen LogP contribution in [0.5, 0.6) is 0 Å². The predicted octanol–water partition coefficient (Wildman–Crippen LogP) is 4.27. The summed E-state index contributed by atoms with van der Waals surface area (Å²) in [6, 6.07) is 15.7. The lowest BCUT2D eigenvalue weighted by Gasteiger charge is -2.10. The summed E-state index contributed by atoms with van der Waals surface area (Å²) in [5, 5.41) is 7.70. The van der Waals surface area contributed by atoms with E-state index in [1.54, 1.807) is 24.3 Å². The molecule has 0 spiro atoms. The third kappa shape index (κ3) is 4.39. The highest BCUT2D eigenvalue weighted by atomic mass is 79.9. The molecule has 3 rings (SSSR count). The Morgan fingerprint density at radius 1 is 1.15 bits per heavy atom. The molecule has 0 saturated carbocycles. The van der Waals surface area contributed by atoms with Crippen LogP contribution in [0.1, 0.15) is 5.56 Å². The van der Waals surface area contributed by atoms with Crippen molar-refractivity contribution in [2.45, 2.75) is 13.5 Å². The van der Waals surface area contributed by atoms with E-state index in [1.165, 1.54) is 6.07 Å². The van der Waals surface area contributed by atoms with Gasteiger partial charge in [-0.2, -0.15) is 5.10 Å². The number of halogens is 2. The molecule has 0 bridgehead atoms. The van der Waals surface area contributed by atoms with Gasteiger partial charge in [-0.25, -0.2) is 4.68 Å². The van der Waals surface area contributed by atoms with E-state index in [1.807, 2.05) is 31.2 Å². The Balaban J connectivity index is 1.80. The van der Waals surface area contributed by atoms with Crippen molar-refractivity contribution in [3.05, 3.63) is 80.0 Å². The van der Waals surface area contributed by atoms with Crippen molar-refractivity contribution >= 4 is 39.1 Å². The van der Waals surface area contributed by atoms with E-state index < -0.39 is 0 Å². The Bertz CT molecular complexity index is 1020. The molecule has 0 fully saturated rings. The van der Waals surface area contributed by atoms with E-state index >= 15 is 0 Å². The second kappa shape index (κ2) is 7.85. The van der Waals surface area contributed by atoms with E-state index in [-0.39, 0.29) is 18.0 Å². The maximum absolute atomic E-state index is 12.3. The first-order valence-corrected chi connectivity index (χ1v) is 8.99. The number of aromatic nitrogens is 2. The average molecular weight is 433 g/mol. The van der Waals surface area contributed by atoms with Crippen LogP contribution in [0.2, 0.25) is 5.02 Å². The fraction of sp³-hybridized carbons (Fsp3) is 0.105. The quantitative estimate of drug-likeness (QED) is 0.669.